The SMILES string of the molecule is CCC(N)Cc1c(C)nn(Cc2sccc2Br)c1C. The van der Waals surface area contributed by atoms with Crippen molar-refractivity contribution in [1.82, 2.24) is 9.78 Å². The molecule has 0 radical (unpaired) electrons. The Morgan fingerprint density at radius 2 is 2.21 bits per heavy atom. The van der Waals surface area contributed by atoms with E-state index in [1.807, 2.05) is 0 Å². The van der Waals surface area contributed by atoms with Crippen LogP contribution in [0.15, 0.2) is 15.9 Å². The van der Waals surface area contributed by atoms with Crippen LogP contribution in [0.1, 0.15) is 35.2 Å². The van der Waals surface area contributed by atoms with E-state index in [4.69, 9.17) is 5.73 Å². The largest absolute Gasteiger partial charge is 0.327 e. The summed E-state index contributed by atoms with van der Waals surface area (Å²) in [6.45, 7) is 7.17. The van der Waals surface area contributed by atoms with Crippen LogP contribution in [0.4, 0.5) is 0 Å². The topological polar surface area (TPSA) is 43.8 Å². The summed E-state index contributed by atoms with van der Waals surface area (Å²) in [6.07, 6.45) is 1.92. The van der Waals surface area contributed by atoms with Gasteiger partial charge in [0, 0.05) is 21.1 Å². The molecule has 3 nitrogen and oxygen atoms in total. The van der Waals surface area contributed by atoms with Crippen LogP contribution < -0.4 is 5.73 Å². The molecule has 0 aliphatic rings. The number of thiophene rings is 1. The van der Waals surface area contributed by atoms with Gasteiger partial charge in [0.2, 0.25) is 0 Å². The van der Waals surface area contributed by atoms with E-state index in [0.29, 0.717) is 0 Å². The molecule has 2 heterocycles. The van der Waals surface area contributed by atoms with E-state index in [1.165, 1.54) is 16.1 Å². The summed E-state index contributed by atoms with van der Waals surface area (Å²) in [5.41, 5.74) is 9.72. The number of nitrogens with two attached hydrogens (primary N) is 1. The smallest absolute Gasteiger partial charge is 0.0766 e. The minimum atomic E-state index is 0.225. The molecule has 0 aromatic carbocycles. The minimum absolute atomic E-state index is 0.225. The number of hydrogen-bond acceptors (Lipinski definition) is 3. The van der Waals surface area contributed by atoms with Crippen molar-refractivity contribution >= 4 is 27.3 Å². The average molecular weight is 342 g/mol. The van der Waals surface area contributed by atoms with E-state index < -0.39 is 0 Å². The number of rotatable bonds is 5. The molecule has 2 N–H and O–H groups in total. The third-order valence-electron chi connectivity index (χ3n) is 3.51. The molecule has 1 unspecified atom stereocenters. The van der Waals surface area contributed by atoms with Crippen LogP contribution in [0, 0.1) is 13.8 Å². The number of aryl methyl sites for hydroxylation is 1. The highest BCUT2D eigenvalue weighted by Crippen LogP contribution is 2.25. The van der Waals surface area contributed by atoms with Gasteiger partial charge in [0.1, 0.15) is 0 Å². The molecule has 2 aromatic heterocycles. The molecule has 104 valence electrons. The normalized spacial score (nSPS) is 12.9. The molecule has 2 rings (SSSR count). The molecule has 19 heavy (non-hydrogen) atoms. The second-order valence-corrected chi connectivity index (χ2v) is 6.73. The van der Waals surface area contributed by atoms with Crippen molar-refractivity contribution in [3.8, 4) is 0 Å². The van der Waals surface area contributed by atoms with Gasteiger partial charge in [-0.2, -0.15) is 5.10 Å². The Hall–Kier alpha value is -0.650. The molecule has 5 heteroatoms. The highest BCUT2D eigenvalue weighted by molar-refractivity contribution is 9.10. The maximum atomic E-state index is 6.07. The molecule has 0 amide bonds. The Morgan fingerprint density at radius 3 is 2.79 bits per heavy atom. The van der Waals surface area contributed by atoms with Crippen LogP contribution in [0.3, 0.4) is 0 Å². The number of nitrogens with zero attached hydrogens (tertiary/aromatic N) is 2. The van der Waals surface area contributed by atoms with E-state index in [1.54, 1.807) is 11.3 Å². The molecule has 0 fully saturated rings. The van der Waals surface area contributed by atoms with Crippen LogP contribution in [-0.4, -0.2) is 15.8 Å². The molecule has 0 saturated heterocycles. The third kappa shape index (κ3) is 3.27. The molecule has 0 aliphatic heterocycles. The highest BCUT2D eigenvalue weighted by Gasteiger charge is 2.15. The Morgan fingerprint density at radius 1 is 1.47 bits per heavy atom. The first kappa shape index (κ1) is 14.8. The lowest BCUT2D eigenvalue weighted by molar-refractivity contribution is 0.637. The minimum Gasteiger partial charge on any atom is -0.327 e. The number of halogens is 1. The molecule has 0 spiro atoms. The van der Waals surface area contributed by atoms with Gasteiger partial charge in [-0.05, 0) is 59.6 Å². The van der Waals surface area contributed by atoms with E-state index in [-0.39, 0.29) is 6.04 Å². The molecule has 2 aromatic rings. The fraction of sp³-hybridized carbons (Fsp3) is 0.500. The van der Waals surface area contributed by atoms with Crippen molar-refractivity contribution in [3.63, 3.8) is 0 Å². The van der Waals surface area contributed by atoms with Crippen molar-refractivity contribution in [1.29, 1.82) is 0 Å². The molecular weight excluding hydrogens is 322 g/mol. The van der Waals surface area contributed by atoms with Crippen molar-refractivity contribution in [3.05, 3.63) is 37.7 Å². The predicted molar refractivity (Wildman–Crippen MR) is 84.8 cm³/mol. The van der Waals surface area contributed by atoms with Crippen molar-refractivity contribution in [2.24, 2.45) is 5.73 Å². The van der Waals surface area contributed by atoms with Crippen molar-refractivity contribution in [2.45, 2.75) is 46.2 Å². The summed E-state index contributed by atoms with van der Waals surface area (Å²) < 4.78 is 3.25. The maximum Gasteiger partial charge on any atom is 0.0766 e. The van der Waals surface area contributed by atoms with Gasteiger partial charge >= 0.3 is 0 Å². The van der Waals surface area contributed by atoms with Gasteiger partial charge in [0.25, 0.3) is 0 Å². The lowest BCUT2D eigenvalue weighted by Gasteiger charge is -2.09. The Labute approximate surface area is 126 Å². The van der Waals surface area contributed by atoms with Gasteiger partial charge in [0.05, 0.1) is 12.2 Å². The van der Waals surface area contributed by atoms with Crippen LogP contribution in [0.5, 0.6) is 0 Å². The Balaban J connectivity index is 2.23. The standard InChI is InChI=1S/C14H20BrN3S/c1-4-11(16)7-12-9(2)17-18(10(12)3)8-14-13(15)5-6-19-14/h5-6,11H,4,7-8,16H2,1-3H3. The quantitative estimate of drug-likeness (QED) is 0.901. The van der Waals surface area contributed by atoms with E-state index in [2.05, 4.69) is 57.9 Å². The van der Waals surface area contributed by atoms with Crippen molar-refractivity contribution < 1.29 is 0 Å². The van der Waals surface area contributed by atoms with Gasteiger partial charge in [-0.15, -0.1) is 11.3 Å². The summed E-state index contributed by atoms with van der Waals surface area (Å²) in [4.78, 5) is 1.30. The van der Waals surface area contributed by atoms with Crippen LogP contribution >= 0.6 is 27.3 Å². The summed E-state index contributed by atoms with van der Waals surface area (Å²) in [6, 6.07) is 2.31. The maximum absolute atomic E-state index is 6.07. The van der Waals surface area contributed by atoms with Gasteiger partial charge in [-0.3, -0.25) is 4.68 Å². The zero-order valence-electron chi connectivity index (χ0n) is 11.6. The lowest BCUT2D eigenvalue weighted by atomic mass is 10.0. The summed E-state index contributed by atoms with van der Waals surface area (Å²) in [5, 5.41) is 6.76. The first-order valence-electron chi connectivity index (χ1n) is 6.53. The first-order chi connectivity index (χ1) is 9.02. The van der Waals surface area contributed by atoms with E-state index in [0.717, 1.165) is 29.6 Å². The molecular formula is C14H20BrN3S. The molecule has 0 bridgehead atoms. The second-order valence-electron chi connectivity index (χ2n) is 4.87. The molecule has 0 aliphatic carbocycles. The van der Waals surface area contributed by atoms with Gasteiger partial charge < -0.3 is 5.73 Å². The third-order valence-corrected chi connectivity index (χ3v) is 5.42. The predicted octanol–water partition coefficient (Wildman–Crippen LogP) is 3.65. The Bertz CT molecular complexity index is 559. The number of hydrogen-bond donors (Lipinski definition) is 1. The van der Waals surface area contributed by atoms with E-state index in [9.17, 15) is 0 Å². The van der Waals surface area contributed by atoms with E-state index >= 15 is 0 Å². The first-order valence-corrected chi connectivity index (χ1v) is 8.20. The summed E-state index contributed by atoms with van der Waals surface area (Å²) in [5.74, 6) is 0. The van der Waals surface area contributed by atoms with Crippen LogP contribution in [0.2, 0.25) is 0 Å². The number of aromatic nitrogens is 2. The second kappa shape index (κ2) is 6.20. The fourth-order valence-electron chi connectivity index (χ4n) is 2.16. The Kier molecular flexibility index (Phi) is 4.81. The lowest BCUT2D eigenvalue weighted by Crippen LogP contribution is -2.22. The molecule has 0 saturated carbocycles. The van der Waals surface area contributed by atoms with Crippen LogP contribution in [-0.2, 0) is 13.0 Å². The zero-order chi connectivity index (χ0) is 14.0. The zero-order valence-corrected chi connectivity index (χ0v) is 14.0. The summed E-state index contributed by atoms with van der Waals surface area (Å²) >= 11 is 5.33. The summed E-state index contributed by atoms with van der Waals surface area (Å²) in [7, 11) is 0. The highest BCUT2D eigenvalue weighted by atomic mass is 79.9. The average Bonchev–Trinajstić information content (AvgIpc) is 2.89. The van der Waals surface area contributed by atoms with Gasteiger partial charge in [0.15, 0.2) is 0 Å². The molecule has 1 atom stereocenters. The monoisotopic (exact) mass is 341 g/mol. The van der Waals surface area contributed by atoms with Crippen LogP contribution in [0.25, 0.3) is 0 Å². The van der Waals surface area contributed by atoms with Crippen molar-refractivity contribution in [2.75, 3.05) is 0 Å². The van der Waals surface area contributed by atoms with Gasteiger partial charge in [-0.25, -0.2) is 0 Å². The fourth-order valence-corrected chi connectivity index (χ4v) is 3.62. The van der Waals surface area contributed by atoms with Gasteiger partial charge in [-0.1, -0.05) is 6.92 Å².